The van der Waals surface area contributed by atoms with Gasteiger partial charge in [-0.2, -0.15) is 0 Å². The first-order valence-corrected chi connectivity index (χ1v) is 8.16. The zero-order chi connectivity index (χ0) is 15.7. The zero-order valence-electron chi connectivity index (χ0n) is 12.7. The van der Waals surface area contributed by atoms with Crippen LogP contribution in [0.4, 0.5) is 5.95 Å². The first-order valence-electron chi connectivity index (χ1n) is 7.78. The van der Waals surface area contributed by atoms with Crippen LogP contribution in [0.5, 0.6) is 0 Å². The molecule has 3 N–H and O–H groups in total. The number of rotatable bonds is 6. The van der Waals surface area contributed by atoms with Gasteiger partial charge in [0.05, 0.1) is 11.0 Å². The van der Waals surface area contributed by atoms with Gasteiger partial charge in [-0.25, -0.2) is 4.98 Å². The van der Waals surface area contributed by atoms with Crippen LogP contribution in [0.1, 0.15) is 38.6 Å². The summed E-state index contributed by atoms with van der Waals surface area (Å²) in [5.41, 5.74) is 7.75. The molecule has 1 amide bonds. The van der Waals surface area contributed by atoms with Gasteiger partial charge in [-0.05, 0) is 43.4 Å². The second kappa shape index (κ2) is 6.16. The fourth-order valence-corrected chi connectivity index (χ4v) is 2.93. The van der Waals surface area contributed by atoms with Crippen molar-refractivity contribution < 1.29 is 4.79 Å². The van der Waals surface area contributed by atoms with Crippen molar-refractivity contribution in [3.8, 4) is 0 Å². The number of nitrogens with two attached hydrogens (primary N) is 1. The molecule has 0 saturated heterocycles. The van der Waals surface area contributed by atoms with Crippen LogP contribution >= 0.6 is 11.6 Å². The number of hydrogen-bond donors (Lipinski definition) is 2. The van der Waals surface area contributed by atoms with Gasteiger partial charge in [-0.3, -0.25) is 4.79 Å². The third-order valence-electron chi connectivity index (χ3n) is 4.22. The van der Waals surface area contributed by atoms with Crippen molar-refractivity contribution in [1.82, 2.24) is 14.9 Å². The van der Waals surface area contributed by atoms with Gasteiger partial charge in [-0.15, -0.1) is 0 Å². The molecule has 6 heteroatoms. The Balaban J connectivity index is 1.80. The number of halogens is 1. The zero-order valence-corrected chi connectivity index (χ0v) is 13.4. The largest absolute Gasteiger partial charge is 0.369 e. The normalized spacial score (nSPS) is 15.9. The third-order valence-corrected chi connectivity index (χ3v) is 4.46. The highest BCUT2D eigenvalue weighted by Crippen LogP contribution is 2.29. The minimum Gasteiger partial charge on any atom is -0.369 e. The molecule has 1 aromatic heterocycles. The molecule has 0 unspecified atom stereocenters. The molecule has 0 radical (unpaired) electrons. The molecule has 1 atom stereocenters. The van der Waals surface area contributed by atoms with Crippen molar-refractivity contribution >= 4 is 34.5 Å². The van der Waals surface area contributed by atoms with Crippen molar-refractivity contribution in [2.75, 3.05) is 12.3 Å². The van der Waals surface area contributed by atoms with E-state index >= 15 is 0 Å². The molecule has 1 saturated carbocycles. The summed E-state index contributed by atoms with van der Waals surface area (Å²) >= 11 is 6.00. The number of nitrogen functional groups attached to an aromatic ring is 1. The van der Waals surface area contributed by atoms with E-state index in [9.17, 15) is 4.79 Å². The fraction of sp³-hybridized carbons (Fsp3) is 0.500. The minimum absolute atomic E-state index is 0.00498. The molecule has 1 aromatic carbocycles. The molecule has 0 bridgehead atoms. The van der Waals surface area contributed by atoms with E-state index in [1.807, 2.05) is 16.7 Å². The number of imidazole rings is 1. The highest BCUT2D eigenvalue weighted by atomic mass is 35.5. The van der Waals surface area contributed by atoms with E-state index in [0.29, 0.717) is 23.3 Å². The monoisotopic (exact) mass is 320 g/mol. The van der Waals surface area contributed by atoms with Gasteiger partial charge in [-0.1, -0.05) is 18.5 Å². The minimum atomic E-state index is 0.00498. The molecule has 5 nitrogen and oxygen atoms in total. The Morgan fingerprint density at radius 2 is 2.32 bits per heavy atom. The first-order chi connectivity index (χ1) is 10.6. The van der Waals surface area contributed by atoms with Gasteiger partial charge >= 0.3 is 0 Å². The summed E-state index contributed by atoms with van der Waals surface area (Å²) in [7, 11) is 0. The van der Waals surface area contributed by atoms with Gasteiger partial charge in [0, 0.05) is 24.0 Å². The van der Waals surface area contributed by atoms with Gasteiger partial charge < -0.3 is 15.6 Å². The Hall–Kier alpha value is -1.75. The van der Waals surface area contributed by atoms with Crippen LogP contribution in [0, 0.1) is 5.92 Å². The van der Waals surface area contributed by atoms with E-state index in [-0.39, 0.29) is 11.9 Å². The number of nitrogens with one attached hydrogen (secondary N) is 1. The molecule has 22 heavy (non-hydrogen) atoms. The molecule has 2 aromatic rings. The molecular formula is C16H21ClN4O. The molecule has 0 spiro atoms. The maximum absolute atomic E-state index is 12.1. The van der Waals surface area contributed by atoms with Crippen LogP contribution in [0.25, 0.3) is 11.0 Å². The number of fused-ring (bicyclic) bond motifs is 1. The summed E-state index contributed by atoms with van der Waals surface area (Å²) in [4.78, 5) is 16.5. The topological polar surface area (TPSA) is 72.9 Å². The number of benzene rings is 1. The van der Waals surface area contributed by atoms with Gasteiger partial charge in [0.2, 0.25) is 11.9 Å². The summed E-state index contributed by atoms with van der Waals surface area (Å²) in [5.74, 6) is 1.19. The number of nitrogens with zero attached hydrogens (tertiary/aromatic N) is 2. The van der Waals surface area contributed by atoms with Crippen LogP contribution in [-0.4, -0.2) is 22.0 Å². The lowest BCUT2D eigenvalue weighted by atomic mass is 10.1. The summed E-state index contributed by atoms with van der Waals surface area (Å²) in [6.45, 7) is 2.85. The van der Waals surface area contributed by atoms with E-state index in [4.69, 9.17) is 17.3 Å². The predicted molar refractivity (Wildman–Crippen MR) is 88.8 cm³/mol. The Kier molecular flexibility index (Phi) is 4.25. The van der Waals surface area contributed by atoms with Crippen molar-refractivity contribution in [1.29, 1.82) is 0 Å². The molecule has 1 aliphatic rings. The molecule has 1 aliphatic carbocycles. The SMILES string of the molecule is CC[C@@H](CC(=O)NCC1CC1)n1c(N)nc2cc(Cl)ccc21. The molecule has 0 aliphatic heterocycles. The van der Waals surface area contributed by atoms with Crippen molar-refractivity contribution in [3.05, 3.63) is 23.2 Å². The smallest absolute Gasteiger partial charge is 0.222 e. The average molecular weight is 321 g/mol. The number of anilines is 1. The fourth-order valence-electron chi connectivity index (χ4n) is 2.76. The molecule has 1 heterocycles. The maximum atomic E-state index is 12.1. The molecular weight excluding hydrogens is 300 g/mol. The van der Waals surface area contributed by atoms with Gasteiger partial charge in [0.15, 0.2) is 0 Å². The Labute approximate surface area is 134 Å². The van der Waals surface area contributed by atoms with Crippen LogP contribution in [0.2, 0.25) is 5.02 Å². The Morgan fingerprint density at radius 3 is 3.00 bits per heavy atom. The highest BCUT2D eigenvalue weighted by molar-refractivity contribution is 6.31. The maximum Gasteiger partial charge on any atom is 0.222 e. The van der Waals surface area contributed by atoms with Crippen LogP contribution in [0.3, 0.4) is 0 Å². The average Bonchev–Trinajstić information content (AvgIpc) is 3.25. The third kappa shape index (κ3) is 3.19. The van der Waals surface area contributed by atoms with Crippen LogP contribution < -0.4 is 11.1 Å². The molecule has 1 fully saturated rings. The number of aromatic nitrogens is 2. The lowest BCUT2D eigenvalue weighted by Crippen LogP contribution is -2.28. The van der Waals surface area contributed by atoms with Crippen molar-refractivity contribution in [2.24, 2.45) is 5.92 Å². The number of carbonyl (C=O) groups excluding carboxylic acids is 1. The first kappa shape index (κ1) is 15.2. The molecule has 3 rings (SSSR count). The van der Waals surface area contributed by atoms with Gasteiger partial charge in [0.25, 0.3) is 0 Å². The van der Waals surface area contributed by atoms with Gasteiger partial charge in [0.1, 0.15) is 0 Å². The van der Waals surface area contributed by atoms with E-state index in [1.54, 1.807) is 6.07 Å². The lowest BCUT2D eigenvalue weighted by molar-refractivity contribution is -0.121. The number of amides is 1. The lowest BCUT2D eigenvalue weighted by Gasteiger charge is -2.19. The second-order valence-corrected chi connectivity index (χ2v) is 6.42. The van der Waals surface area contributed by atoms with Crippen LogP contribution in [-0.2, 0) is 4.79 Å². The summed E-state index contributed by atoms with van der Waals surface area (Å²) < 4.78 is 1.95. The quantitative estimate of drug-likeness (QED) is 0.858. The van der Waals surface area contributed by atoms with Crippen LogP contribution in [0.15, 0.2) is 18.2 Å². The summed E-state index contributed by atoms with van der Waals surface area (Å²) in [5, 5.41) is 3.65. The van der Waals surface area contributed by atoms with E-state index < -0.39 is 0 Å². The Morgan fingerprint density at radius 1 is 1.55 bits per heavy atom. The number of hydrogen-bond acceptors (Lipinski definition) is 3. The number of carbonyl (C=O) groups is 1. The standard InChI is InChI=1S/C16H21ClN4O/c1-2-12(8-15(22)19-9-10-3-4-10)21-14-6-5-11(17)7-13(14)20-16(21)18/h5-7,10,12H,2-4,8-9H2,1H3,(H2,18,20)(H,19,22)/t12-/m0/s1. The molecule has 118 valence electrons. The Bertz CT molecular complexity index is 693. The van der Waals surface area contributed by atoms with Crippen molar-refractivity contribution in [2.45, 2.75) is 38.6 Å². The summed E-state index contributed by atoms with van der Waals surface area (Å²) in [6, 6.07) is 5.53. The van der Waals surface area contributed by atoms with E-state index in [1.165, 1.54) is 12.8 Å². The summed E-state index contributed by atoms with van der Waals surface area (Å²) in [6.07, 6.45) is 3.70. The predicted octanol–water partition coefficient (Wildman–Crippen LogP) is 3.14. The highest BCUT2D eigenvalue weighted by Gasteiger charge is 2.23. The van der Waals surface area contributed by atoms with Crippen molar-refractivity contribution in [3.63, 3.8) is 0 Å². The second-order valence-electron chi connectivity index (χ2n) is 5.99. The van der Waals surface area contributed by atoms with E-state index in [2.05, 4.69) is 17.2 Å². The van der Waals surface area contributed by atoms with E-state index in [0.717, 1.165) is 24.0 Å².